The summed E-state index contributed by atoms with van der Waals surface area (Å²) in [7, 11) is 4.23. The maximum atomic E-state index is 4.93. The molecule has 1 aliphatic rings. The van der Waals surface area contributed by atoms with Crippen molar-refractivity contribution in [2.24, 2.45) is 0 Å². The Bertz CT molecular complexity index is 611. The molecule has 0 aliphatic carbocycles. The van der Waals surface area contributed by atoms with Crippen molar-refractivity contribution in [1.29, 1.82) is 0 Å². The van der Waals surface area contributed by atoms with Crippen molar-refractivity contribution in [2.75, 3.05) is 40.3 Å². The lowest BCUT2D eigenvalue weighted by atomic mass is 9.96. The molecule has 2 aromatic rings. The summed E-state index contributed by atoms with van der Waals surface area (Å²) in [5, 5.41) is 0. The van der Waals surface area contributed by atoms with Gasteiger partial charge in [-0.1, -0.05) is 6.92 Å². The predicted molar refractivity (Wildman–Crippen MR) is 90.2 cm³/mol. The number of hydrogen-bond donors (Lipinski definition) is 0. The first-order valence-electron chi connectivity index (χ1n) is 8.37. The quantitative estimate of drug-likeness (QED) is 0.848. The fourth-order valence-electron chi connectivity index (χ4n) is 3.32. The molecular formula is C17H27N5. The smallest absolute Gasteiger partial charge is 0.160 e. The first kappa shape index (κ1) is 15.4. The highest BCUT2D eigenvalue weighted by Crippen LogP contribution is 2.29. The lowest BCUT2D eigenvalue weighted by Gasteiger charge is -2.31. The van der Waals surface area contributed by atoms with E-state index in [1.165, 1.54) is 31.8 Å². The summed E-state index contributed by atoms with van der Waals surface area (Å²) >= 11 is 0. The standard InChI is InChI=1S/C17H27N5/c1-4-21-10-7-14(8-11-21)16-19-15-6-5-9-18-17(15)22(16)13-12-20(2)3/h5-6,9,14H,4,7-8,10-13H2,1-3H3. The normalized spacial score (nSPS) is 17.6. The van der Waals surface area contributed by atoms with Crippen LogP contribution in [0, 0.1) is 0 Å². The number of fused-ring (bicyclic) bond motifs is 1. The molecule has 3 heterocycles. The van der Waals surface area contributed by atoms with Gasteiger partial charge >= 0.3 is 0 Å². The molecule has 2 aromatic heterocycles. The number of likely N-dealkylation sites (N-methyl/N-ethyl adjacent to an activating group) is 1. The van der Waals surface area contributed by atoms with Crippen LogP contribution in [0.15, 0.2) is 18.3 Å². The lowest BCUT2D eigenvalue weighted by molar-refractivity contribution is 0.217. The molecule has 3 rings (SSSR count). The van der Waals surface area contributed by atoms with Crippen molar-refractivity contribution in [3.05, 3.63) is 24.2 Å². The number of hydrogen-bond acceptors (Lipinski definition) is 4. The van der Waals surface area contributed by atoms with Crippen molar-refractivity contribution in [3.63, 3.8) is 0 Å². The molecule has 0 aromatic carbocycles. The van der Waals surface area contributed by atoms with E-state index >= 15 is 0 Å². The molecule has 22 heavy (non-hydrogen) atoms. The summed E-state index contributed by atoms with van der Waals surface area (Å²) in [6, 6.07) is 4.06. The highest BCUT2D eigenvalue weighted by atomic mass is 15.2. The van der Waals surface area contributed by atoms with Crippen molar-refractivity contribution in [1.82, 2.24) is 24.3 Å². The molecule has 1 aliphatic heterocycles. The highest BCUT2D eigenvalue weighted by Gasteiger charge is 2.25. The molecule has 0 amide bonds. The van der Waals surface area contributed by atoms with Crippen LogP contribution < -0.4 is 0 Å². The van der Waals surface area contributed by atoms with Gasteiger partial charge in [-0.05, 0) is 58.7 Å². The molecule has 0 unspecified atom stereocenters. The Morgan fingerprint density at radius 1 is 1.27 bits per heavy atom. The largest absolute Gasteiger partial charge is 0.311 e. The Hall–Kier alpha value is -1.46. The second-order valence-corrected chi connectivity index (χ2v) is 6.48. The molecular weight excluding hydrogens is 274 g/mol. The number of piperidine rings is 1. The first-order valence-corrected chi connectivity index (χ1v) is 8.37. The van der Waals surface area contributed by atoms with Crippen LogP contribution in [0.4, 0.5) is 0 Å². The van der Waals surface area contributed by atoms with E-state index < -0.39 is 0 Å². The van der Waals surface area contributed by atoms with Crippen molar-refractivity contribution in [2.45, 2.75) is 32.2 Å². The Labute approximate surface area is 132 Å². The second kappa shape index (κ2) is 6.75. The molecule has 120 valence electrons. The van der Waals surface area contributed by atoms with E-state index in [0.717, 1.165) is 30.8 Å². The Kier molecular flexibility index (Phi) is 4.74. The van der Waals surface area contributed by atoms with Gasteiger partial charge in [-0.15, -0.1) is 0 Å². The minimum Gasteiger partial charge on any atom is -0.311 e. The van der Waals surface area contributed by atoms with Crippen LogP contribution in [0.1, 0.15) is 31.5 Å². The van der Waals surface area contributed by atoms with Gasteiger partial charge in [-0.25, -0.2) is 9.97 Å². The van der Waals surface area contributed by atoms with Crippen LogP contribution >= 0.6 is 0 Å². The number of nitrogens with zero attached hydrogens (tertiary/aromatic N) is 5. The third kappa shape index (κ3) is 3.15. The Morgan fingerprint density at radius 3 is 2.73 bits per heavy atom. The summed E-state index contributed by atoms with van der Waals surface area (Å²) in [4.78, 5) is 14.3. The average Bonchev–Trinajstić information content (AvgIpc) is 2.91. The van der Waals surface area contributed by atoms with E-state index in [1.807, 2.05) is 12.3 Å². The molecule has 0 spiro atoms. The Morgan fingerprint density at radius 2 is 2.05 bits per heavy atom. The van der Waals surface area contributed by atoms with Crippen LogP contribution in [0.2, 0.25) is 0 Å². The molecule has 5 heteroatoms. The van der Waals surface area contributed by atoms with E-state index in [-0.39, 0.29) is 0 Å². The van der Waals surface area contributed by atoms with Crippen molar-refractivity contribution < 1.29 is 0 Å². The van der Waals surface area contributed by atoms with Gasteiger partial charge in [0.1, 0.15) is 11.3 Å². The zero-order chi connectivity index (χ0) is 15.5. The van der Waals surface area contributed by atoms with Gasteiger partial charge in [0.05, 0.1) is 0 Å². The van der Waals surface area contributed by atoms with Crippen LogP contribution in [0.3, 0.4) is 0 Å². The van der Waals surface area contributed by atoms with Gasteiger partial charge < -0.3 is 14.4 Å². The van der Waals surface area contributed by atoms with Gasteiger partial charge in [-0.2, -0.15) is 0 Å². The third-order valence-corrected chi connectivity index (χ3v) is 4.70. The number of rotatable bonds is 5. The van der Waals surface area contributed by atoms with Gasteiger partial charge in [0.25, 0.3) is 0 Å². The zero-order valence-corrected chi connectivity index (χ0v) is 14.0. The molecule has 0 radical (unpaired) electrons. The number of pyridine rings is 1. The van der Waals surface area contributed by atoms with Gasteiger partial charge in [-0.3, -0.25) is 0 Å². The van der Waals surface area contributed by atoms with Crippen molar-refractivity contribution >= 4 is 11.2 Å². The topological polar surface area (TPSA) is 37.2 Å². The summed E-state index contributed by atoms with van der Waals surface area (Å²) in [6.45, 7) is 7.76. The number of likely N-dealkylation sites (tertiary alicyclic amines) is 1. The van der Waals surface area contributed by atoms with Crippen LogP contribution in [-0.4, -0.2) is 64.6 Å². The second-order valence-electron chi connectivity index (χ2n) is 6.48. The fraction of sp³-hybridized carbons (Fsp3) is 0.647. The minimum absolute atomic E-state index is 0.569. The fourth-order valence-corrected chi connectivity index (χ4v) is 3.32. The maximum absolute atomic E-state index is 4.93. The maximum Gasteiger partial charge on any atom is 0.160 e. The molecule has 5 nitrogen and oxygen atoms in total. The van der Waals surface area contributed by atoms with Crippen LogP contribution in [0.25, 0.3) is 11.2 Å². The molecule has 0 bridgehead atoms. The lowest BCUT2D eigenvalue weighted by Crippen LogP contribution is -2.33. The van der Waals surface area contributed by atoms with Gasteiger partial charge in [0.15, 0.2) is 5.65 Å². The van der Waals surface area contributed by atoms with Crippen LogP contribution in [-0.2, 0) is 6.54 Å². The van der Waals surface area contributed by atoms with E-state index in [1.54, 1.807) is 0 Å². The molecule has 0 N–H and O–H groups in total. The first-order chi connectivity index (χ1) is 10.7. The monoisotopic (exact) mass is 301 g/mol. The highest BCUT2D eigenvalue weighted by molar-refractivity contribution is 5.71. The molecule has 1 saturated heterocycles. The van der Waals surface area contributed by atoms with Gasteiger partial charge in [0, 0.05) is 25.2 Å². The summed E-state index contributed by atoms with van der Waals surface area (Å²) in [6.07, 6.45) is 4.29. The average molecular weight is 301 g/mol. The predicted octanol–water partition coefficient (Wildman–Crippen LogP) is 2.19. The van der Waals surface area contributed by atoms with Crippen LogP contribution in [0.5, 0.6) is 0 Å². The molecule has 1 fully saturated rings. The van der Waals surface area contributed by atoms with E-state index in [2.05, 4.69) is 46.4 Å². The van der Waals surface area contributed by atoms with E-state index in [4.69, 9.17) is 4.98 Å². The molecule has 0 saturated carbocycles. The van der Waals surface area contributed by atoms with Gasteiger partial charge in [0.2, 0.25) is 0 Å². The SMILES string of the molecule is CCN1CCC(c2nc3cccnc3n2CCN(C)C)CC1. The Balaban J connectivity index is 1.89. The third-order valence-electron chi connectivity index (χ3n) is 4.70. The summed E-state index contributed by atoms with van der Waals surface area (Å²) in [5.74, 6) is 1.81. The summed E-state index contributed by atoms with van der Waals surface area (Å²) < 4.78 is 2.35. The van der Waals surface area contributed by atoms with Crippen molar-refractivity contribution in [3.8, 4) is 0 Å². The van der Waals surface area contributed by atoms with E-state index in [0.29, 0.717) is 5.92 Å². The number of aromatic nitrogens is 3. The zero-order valence-electron chi connectivity index (χ0n) is 14.0. The van der Waals surface area contributed by atoms with E-state index in [9.17, 15) is 0 Å². The number of imidazole rings is 1. The minimum atomic E-state index is 0.569. The molecule has 0 atom stereocenters. The summed E-state index contributed by atoms with van der Waals surface area (Å²) in [5.41, 5.74) is 2.08.